The second-order valence-corrected chi connectivity index (χ2v) is 6.27. The number of aryl methyl sites for hydroxylation is 1. The fourth-order valence-corrected chi connectivity index (χ4v) is 2.94. The van der Waals surface area contributed by atoms with Crippen molar-refractivity contribution in [3.63, 3.8) is 0 Å². The average Bonchev–Trinajstić information content (AvgIpc) is 3.05. The van der Waals surface area contributed by atoms with Crippen molar-refractivity contribution < 1.29 is 14.0 Å². The first-order chi connectivity index (χ1) is 11.1. The Labute approximate surface area is 136 Å². The molecule has 1 fully saturated rings. The minimum Gasteiger partial charge on any atom is -0.381 e. The molecule has 1 aliphatic rings. The van der Waals surface area contributed by atoms with Crippen LogP contribution in [0, 0.1) is 6.92 Å². The first-order valence-corrected chi connectivity index (χ1v) is 8.01. The fraction of sp³-hybridized carbons (Fsp3) is 0.588. The van der Waals surface area contributed by atoms with Gasteiger partial charge < -0.3 is 14.0 Å². The van der Waals surface area contributed by atoms with E-state index in [4.69, 9.17) is 14.0 Å². The van der Waals surface area contributed by atoms with Crippen molar-refractivity contribution in [1.82, 2.24) is 15.1 Å². The van der Waals surface area contributed by atoms with Crippen LogP contribution in [0.4, 0.5) is 0 Å². The lowest BCUT2D eigenvalue weighted by Crippen LogP contribution is -2.36. The van der Waals surface area contributed by atoms with E-state index in [-0.39, 0.29) is 5.92 Å². The monoisotopic (exact) mass is 317 g/mol. The zero-order chi connectivity index (χ0) is 16.4. The molecule has 6 nitrogen and oxygen atoms in total. The van der Waals surface area contributed by atoms with Gasteiger partial charge in [-0.25, -0.2) is 0 Å². The second-order valence-electron chi connectivity index (χ2n) is 6.27. The molecule has 0 bridgehead atoms. The van der Waals surface area contributed by atoms with Gasteiger partial charge in [0, 0.05) is 38.9 Å². The van der Waals surface area contributed by atoms with Gasteiger partial charge in [-0.2, -0.15) is 4.98 Å². The van der Waals surface area contributed by atoms with Gasteiger partial charge >= 0.3 is 0 Å². The van der Waals surface area contributed by atoms with E-state index in [0.29, 0.717) is 24.9 Å². The lowest BCUT2D eigenvalue weighted by molar-refractivity contribution is -0.101. The van der Waals surface area contributed by atoms with Gasteiger partial charge in [0.2, 0.25) is 5.82 Å². The molecule has 3 rings (SSSR count). The topological polar surface area (TPSA) is 70.3 Å². The van der Waals surface area contributed by atoms with Gasteiger partial charge in [-0.1, -0.05) is 19.0 Å². The van der Waals surface area contributed by atoms with Crippen LogP contribution in [0.2, 0.25) is 0 Å². The Morgan fingerprint density at radius 3 is 2.57 bits per heavy atom. The summed E-state index contributed by atoms with van der Waals surface area (Å²) in [5, 5.41) is 4.19. The Hall–Kier alpha value is -1.79. The van der Waals surface area contributed by atoms with Crippen molar-refractivity contribution in [3.05, 3.63) is 29.3 Å². The molecule has 1 aliphatic heterocycles. The molecule has 0 spiro atoms. The standard InChI is InChI=1S/C17H23N3O3/c1-11(2)14-13(6-5-12(3)18-14)15-19-16(20-23-15)17(21-4)7-9-22-10-8-17/h5-6,11H,7-10H2,1-4H3. The number of methoxy groups -OCH3 is 1. The first-order valence-electron chi connectivity index (χ1n) is 8.01. The summed E-state index contributed by atoms with van der Waals surface area (Å²) in [6, 6.07) is 3.96. The molecular formula is C17H23N3O3. The van der Waals surface area contributed by atoms with E-state index < -0.39 is 5.60 Å². The van der Waals surface area contributed by atoms with Crippen LogP contribution in [-0.4, -0.2) is 35.4 Å². The van der Waals surface area contributed by atoms with Gasteiger partial charge in [0.15, 0.2) is 0 Å². The van der Waals surface area contributed by atoms with E-state index in [1.54, 1.807) is 7.11 Å². The van der Waals surface area contributed by atoms with Crippen LogP contribution in [0.15, 0.2) is 16.7 Å². The van der Waals surface area contributed by atoms with Crippen LogP contribution < -0.4 is 0 Å². The number of aromatic nitrogens is 3. The van der Waals surface area contributed by atoms with Gasteiger partial charge in [0.05, 0.1) is 11.3 Å². The lowest BCUT2D eigenvalue weighted by atomic mass is 9.93. The molecule has 23 heavy (non-hydrogen) atoms. The van der Waals surface area contributed by atoms with Crippen LogP contribution in [0.1, 0.15) is 49.8 Å². The summed E-state index contributed by atoms with van der Waals surface area (Å²) in [4.78, 5) is 9.25. The maximum absolute atomic E-state index is 5.73. The lowest BCUT2D eigenvalue weighted by Gasteiger charge is -2.32. The summed E-state index contributed by atoms with van der Waals surface area (Å²) < 4.78 is 16.7. The number of hydrogen-bond acceptors (Lipinski definition) is 6. The Bertz CT molecular complexity index is 675. The van der Waals surface area contributed by atoms with Crippen molar-refractivity contribution in [3.8, 4) is 11.5 Å². The Morgan fingerprint density at radius 2 is 1.91 bits per heavy atom. The molecule has 0 amide bonds. The highest BCUT2D eigenvalue weighted by Gasteiger charge is 2.39. The van der Waals surface area contributed by atoms with Crippen LogP contribution in [0.3, 0.4) is 0 Å². The quantitative estimate of drug-likeness (QED) is 0.862. The predicted octanol–water partition coefficient (Wildman–Crippen LogP) is 3.22. The number of rotatable bonds is 4. The van der Waals surface area contributed by atoms with E-state index in [2.05, 4.69) is 29.0 Å². The minimum absolute atomic E-state index is 0.278. The van der Waals surface area contributed by atoms with E-state index in [0.717, 1.165) is 29.8 Å². The van der Waals surface area contributed by atoms with Gasteiger partial charge in [-0.15, -0.1) is 0 Å². The number of pyridine rings is 1. The van der Waals surface area contributed by atoms with Crippen molar-refractivity contribution in [2.45, 2.75) is 45.1 Å². The third kappa shape index (κ3) is 3.01. The third-order valence-corrected chi connectivity index (χ3v) is 4.37. The molecule has 124 valence electrons. The van der Waals surface area contributed by atoms with Crippen molar-refractivity contribution >= 4 is 0 Å². The minimum atomic E-state index is -0.518. The number of nitrogens with zero attached hydrogens (tertiary/aromatic N) is 3. The van der Waals surface area contributed by atoms with Gasteiger partial charge in [-0.05, 0) is 25.0 Å². The molecule has 2 aromatic rings. The molecule has 0 aromatic carbocycles. The molecule has 0 unspecified atom stereocenters. The summed E-state index contributed by atoms with van der Waals surface area (Å²) in [7, 11) is 1.69. The smallest absolute Gasteiger partial charge is 0.259 e. The first kappa shape index (κ1) is 16.1. The molecule has 1 saturated heterocycles. The van der Waals surface area contributed by atoms with Gasteiger partial charge in [0.25, 0.3) is 5.89 Å². The van der Waals surface area contributed by atoms with E-state index >= 15 is 0 Å². The Balaban J connectivity index is 1.99. The Kier molecular flexibility index (Phi) is 4.46. The number of ether oxygens (including phenoxy) is 2. The van der Waals surface area contributed by atoms with Crippen molar-refractivity contribution in [2.24, 2.45) is 0 Å². The van der Waals surface area contributed by atoms with Crippen LogP contribution in [-0.2, 0) is 15.1 Å². The third-order valence-electron chi connectivity index (χ3n) is 4.37. The second kappa shape index (κ2) is 6.37. The average molecular weight is 317 g/mol. The maximum Gasteiger partial charge on any atom is 0.259 e. The Morgan fingerprint density at radius 1 is 1.17 bits per heavy atom. The molecule has 3 heterocycles. The molecule has 0 N–H and O–H groups in total. The highest BCUT2D eigenvalue weighted by Crippen LogP contribution is 2.35. The zero-order valence-corrected chi connectivity index (χ0v) is 14.1. The summed E-state index contributed by atoms with van der Waals surface area (Å²) in [5.74, 6) is 1.37. The maximum atomic E-state index is 5.73. The van der Waals surface area contributed by atoms with E-state index in [1.165, 1.54) is 0 Å². The molecular weight excluding hydrogens is 294 g/mol. The summed E-state index contributed by atoms with van der Waals surface area (Å²) >= 11 is 0. The molecule has 6 heteroatoms. The summed E-state index contributed by atoms with van der Waals surface area (Å²) in [6.45, 7) is 7.48. The fourth-order valence-electron chi connectivity index (χ4n) is 2.94. The molecule has 0 aliphatic carbocycles. The highest BCUT2D eigenvalue weighted by molar-refractivity contribution is 5.57. The van der Waals surface area contributed by atoms with Gasteiger partial charge in [0.1, 0.15) is 5.60 Å². The summed E-state index contributed by atoms with van der Waals surface area (Å²) in [6.07, 6.45) is 1.46. The van der Waals surface area contributed by atoms with Crippen LogP contribution >= 0.6 is 0 Å². The zero-order valence-electron chi connectivity index (χ0n) is 14.1. The largest absolute Gasteiger partial charge is 0.381 e. The van der Waals surface area contributed by atoms with E-state index in [9.17, 15) is 0 Å². The van der Waals surface area contributed by atoms with Crippen LogP contribution in [0.5, 0.6) is 0 Å². The molecule has 0 saturated carbocycles. The van der Waals surface area contributed by atoms with Crippen molar-refractivity contribution in [2.75, 3.05) is 20.3 Å². The predicted molar refractivity (Wildman–Crippen MR) is 85.1 cm³/mol. The summed E-state index contributed by atoms with van der Waals surface area (Å²) in [5.41, 5.74) is 2.33. The molecule has 2 aromatic heterocycles. The normalized spacial score (nSPS) is 17.6. The van der Waals surface area contributed by atoms with Crippen LogP contribution in [0.25, 0.3) is 11.5 Å². The molecule has 0 radical (unpaired) electrons. The van der Waals surface area contributed by atoms with Crippen molar-refractivity contribution in [1.29, 1.82) is 0 Å². The van der Waals surface area contributed by atoms with Gasteiger partial charge in [-0.3, -0.25) is 4.98 Å². The van der Waals surface area contributed by atoms with E-state index in [1.807, 2.05) is 19.1 Å². The number of hydrogen-bond donors (Lipinski definition) is 0. The molecule has 0 atom stereocenters. The highest BCUT2D eigenvalue weighted by atomic mass is 16.5. The SMILES string of the molecule is COC1(c2noc(-c3ccc(C)nc3C(C)C)n2)CCOCC1.